The molecule has 0 N–H and O–H groups in total. The minimum Gasteiger partial charge on any atom is -0.547 e. The van der Waals surface area contributed by atoms with Crippen molar-refractivity contribution in [2.45, 2.75) is 46.4 Å². The van der Waals surface area contributed by atoms with Crippen molar-refractivity contribution in [2.24, 2.45) is 11.3 Å². The van der Waals surface area contributed by atoms with E-state index in [1.54, 1.807) is 12.1 Å². The molecule has 0 fully saturated rings. The molecule has 2 unspecified atom stereocenters. The van der Waals surface area contributed by atoms with Gasteiger partial charge in [-0.25, -0.2) is 4.79 Å². The van der Waals surface area contributed by atoms with E-state index in [2.05, 4.69) is 39.9 Å². The summed E-state index contributed by atoms with van der Waals surface area (Å²) in [6.45, 7) is 10.9. The van der Waals surface area contributed by atoms with E-state index in [9.17, 15) is 4.79 Å². The number of hydrogen-bond donors (Lipinski definition) is 0. The number of esters is 1. The molecule has 2 atom stereocenters. The lowest BCUT2D eigenvalue weighted by Gasteiger charge is -2.25. The Morgan fingerprint density at radius 1 is 1.18 bits per heavy atom. The van der Waals surface area contributed by atoms with E-state index in [0.29, 0.717) is 11.5 Å². The van der Waals surface area contributed by atoms with Gasteiger partial charge in [0.25, 0.3) is 0 Å². The van der Waals surface area contributed by atoms with Crippen LogP contribution in [-0.4, -0.2) is 21.1 Å². The van der Waals surface area contributed by atoms with Gasteiger partial charge in [-0.2, -0.15) is 0 Å². The first-order valence-electron chi connectivity index (χ1n) is 7.92. The Morgan fingerprint density at radius 3 is 2.36 bits per heavy atom. The number of carbonyl (C=O) groups excluding carboxylic acids is 1. The van der Waals surface area contributed by atoms with Crippen molar-refractivity contribution in [1.29, 1.82) is 0 Å². The third-order valence-electron chi connectivity index (χ3n) is 3.89. The highest BCUT2D eigenvalue weighted by Crippen LogP contribution is 2.39. The highest BCUT2D eigenvalue weighted by molar-refractivity contribution is 6.48. The van der Waals surface area contributed by atoms with Gasteiger partial charge in [0.2, 0.25) is 9.04 Å². The van der Waals surface area contributed by atoms with Crippen molar-refractivity contribution >= 4 is 15.0 Å². The summed E-state index contributed by atoms with van der Waals surface area (Å²) >= 11 is 0. The highest BCUT2D eigenvalue weighted by atomic mass is 28.3. The molecule has 1 aromatic carbocycles. The fourth-order valence-corrected chi connectivity index (χ4v) is 3.36. The Labute approximate surface area is 135 Å². The van der Waals surface area contributed by atoms with Gasteiger partial charge in [-0.05, 0) is 49.1 Å². The first-order valence-corrected chi connectivity index (χ1v) is 10.7. The van der Waals surface area contributed by atoms with Gasteiger partial charge in [0, 0.05) is 0 Å². The molecule has 0 radical (unpaired) electrons. The summed E-state index contributed by atoms with van der Waals surface area (Å²) in [6.07, 6.45) is 2.71. The Hall–Kier alpha value is -1.55. The first-order chi connectivity index (χ1) is 10.3. The molecular formula is C18H26O3Si. The van der Waals surface area contributed by atoms with Crippen LogP contribution in [0.1, 0.15) is 37.6 Å². The smallest absolute Gasteiger partial charge is 0.338 e. The molecule has 0 saturated heterocycles. The van der Waals surface area contributed by atoms with E-state index in [0.717, 1.165) is 12.2 Å². The molecule has 0 bridgehead atoms. The lowest BCUT2D eigenvalue weighted by molar-refractivity contribution is 0.0275. The predicted octanol–water partition coefficient (Wildman–Crippen LogP) is 4.16. The number of carbonyl (C=O) groups is 1. The summed E-state index contributed by atoms with van der Waals surface area (Å²) in [6, 6.07) is 9.13. The monoisotopic (exact) mass is 318 g/mol. The average Bonchev–Trinajstić information content (AvgIpc) is 2.82. The molecule has 0 heterocycles. The van der Waals surface area contributed by atoms with E-state index >= 15 is 0 Å². The molecule has 0 aromatic heterocycles. The number of ether oxygens (including phenoxy) is 1. The van der Waals surface area contributed by atoms with Crippen LogP contribution in [0.25, 0.3) is 0 Å². The van der Waals surface area contributed by atoms with Gasteiger partial charge in [0.15, 0.2) is 6.10 Å². The van der Waals surface area contributed by atoms with Crippen LogP contribution in [0.5, 0.6) is 0 Å². The Kier molecular flexibility index (Phi) is 5.11. The van der Waals surface area contributed by atoms with Crippen LogP contribution in [-0.2, 0) is 9.16 Å². The van der Waals surface area contributed by atoms with E-state index < -0.39 is 9.04 Å². The van der Waals surface area contributed by atoms with Crippen LogP contribution < -0.4 is 0 Å². The average molecular weight is 318 g/mol. The highest BCUT2D eigenvalue weighted by Gasteiger charge is 2.37. The van der Waals surface area contributed by atoms with Crippen LogP contribution in [0, 0.1) is 11.3 Å². The van der Waals surface area contributed by atoms with Gasteiger partial charge in [0.1, 0.15) is 5.76 Å². The van der Waals surface area contributed by atoms with Gasteiger partial charge in [-0.3, -0.25) is 0 Å². The quantitative estimate of drug-likeness (QED) is 0.617. The zero-order valence-electron chi connectivity index (χ0n) is 14.1. The van der Waals surface area contributed by atoms with Gasteiger partial charge in [-0.1, -0.05) is 39.0 Å². The number of hydrogen-bond acceptors (Lipinski definition) is 3. The maximum absolute atomic E-state index is 12.3. The first kappa shape index (κ1) is 16.8. The van der Waals surface area contributed by atoms with Crippen molar-refractivity contribution in [3.63, 3.8) is 0 Å². The third kappa shape index (κ3) is 4.23. The van der Waals surface area contributed by atoms with Gasteiger partial charge in [0.05, 0.1) is 5.56 Å². The van der Waals surface area contributed by atoms with Crippen molar-refractivity contribution < 1.29 is 14.0 Å². The Morgan fingerprint density at radius 2 is 1.82 bits per heavy atom. The van der Waals surface area contributed by atoms with Crippen molar-refractivity contribution in [3.05, 3.63) is 47.7 Å². The molecule has 120 valence electrons. The van der Waals surface area contributed by atoms with Crippen LogP contribution in [0.4, 0.5) is 0 Å². The number of rotatable bonds is 4. The molecule has 4 heteroatoms. The fraction of sp³-hybridized carbons (Fsp3) is 0.500. The van der Waals surface area contributed by atoms with Crippen LogP contribution in [0.3, 0.4) is 0 Å². The molecule has 1 aliphatic rings. The number of benzene rings is 1. The molecule has 0 spiro atoms. The summed E-state index contributed by atoms with van der Waals surface area (Å²) < 4.78 is 11.7. The van der Waals surface area contributed by atoms with E-state index in [4.69, 9.17) is 9.16 Å². The molecule has 3 nitrogen and oxygen atoms in total. The molecule has 2 rings (SSSR count). The van der Waals surface area contributed by atoms with Crippen LogP contribution >= 0.6 is 0 Å². The summed E-state index contributed by atoms with van der Waals surface area (Å²) in [4.78, 5) is 12.3. The van der Waals surface area contributed by atoms with E-state index in [-0.39, 0.29) is 17.5 Å². The molecule has 0 saturated carbocycles. The molecular weight excluding hydrogens is 292 g/mol. The van der Waals surface area contributed by atoms with Crippen molar-refractivity contribution in [1.82, 2.24) is 0 Å². The maximum atomic E-state index is 12.3. The molecule has 0 amide bonds. The number of allylic oxidation sites excluding steroid dienone is 1. The third-order valence-corrected chi connectivity index (χ3v) is 4.64. The summed E-state index contributed by atoms with van der Waals surface area (Å²) in [5.74, 6) is 0.940. The second-order valence-corrected chi connectivity index (χ2v) is 9.54. The normalized spacial score (nSPS) is 21.6. The minimum absolute atomic E-state index is 0.140. The van der Waals surface area contributed by atoms with Crippen molar-refractivity contribution in [3.8, 4) is 0 Å². The Bertz CT molecular complexity index is 543. The second-order valence-electron chi connectivity index (χ2n) is 7.20. The van der Waals surface area contributed by atoms with Gasteiger partial charge in [-0.15, -0.1) is 0 Å². The van der Waals surface area contributed by atoms with Crippen LogP contribution in [0.15, 0.2) is 42.2 Å². The largest absolute Gasteiger partial charge is 0.547 e. The van der Waals surface area contributed by atoms with Gasteiger partial charge < -0.3 is 9.16 Å². The van der Waals surface area contributed by atoms with E-state index in [1.165, 1.54) is 0 Å². The zero-order chi connectivity index (χ0) is 16.3. The lowest BCUT2D eigenvalue weighted by Crippen LogP contribution is -2.24. The predicted molar refractivity (Wildman–Crippen MR) is 91.3 cm³/mol. The van der Waals surface area contributed by atoms with Crippen LogP contribution in [0.2, 0.25) is 13.1 Å². The summed E-state index contributed by atoms with van der Waals surface area (Å²) in [7, 11) is -1.22. The van der Waals surface area contributed by atoms with E-state index in [1.807, 2.05) is 18.2 Å². The molecule has 0 aliphatic heterocycles. The molecule has 1 aliphatic carbocycles. The lowest BCUT2D eigenvalue weighted by atomic mass is 9.80. The Balaban J connectivity index is 2.12. The topological polar surface area (TPSA) is 35.5 Å². The van der Waals surface area contributed by atoms with Gasteiger partial charge >= 0.3 is 5.97 Å². The standard InChI is InChI=1S/C18H26O3Si/c1-18(2,3)14-11-15(16(12-14)21-22(4)5)20-17(19)13-9-7-6-8-10-13/h6-10,12,14-15,22H,11H2,1-5H3. The summed E-state index contributed by atoms with van der Waals surface area (Å²) in [5, 5.41) is 0. The zero-order valence-corrected chi connectivity index (χ0v) is 15.3. The SMILES string of the molecule is C[SiH](C)OC1=CC(C(C)(C)C)CC1OC(=O)c1ccccc1. The minimum atomic E-state index is -1.22. The molecule has 22 heavy (non-hydrogen) atoms. The molecule has 1 aromatic rings. The van der Waals surface area contributed by atoms with Crippen molar-refractivity contribution in [2.75, 3.05) is 0 Å². The summed E-state index contributed by atoms with van der Waals surface area (Å²) in [5.41, 5.74) is 0.726. The fourth-order valence-electron chi connectivity index (χ4n) is 2.59. The maximum Gasteiger partial charge on any atom is 0.338 e. The second kappa shape index (κ2) is 6.69.